The van der Waals surface area contributed by atoms with Gasteiger partial charge in [0.25, 0.3) is 0 Å². The summed E-state index contributed by atoms with van der Waals surface area (Å²) in [4.78, 5) is 0. The Balaban J connectivity index is -0.0000000404. The minimum absolute atomic E-state index is 0.208. The zero-order chi connectivity index (χ0) is 16.0. The summed E-state index contributed by atoms with van der Waals surface area (Å²) in [5.74, 6) is 0. The van der Waals surface area contributed by atoms with Crippen LogP contribution in [0.5, 0.6) is 0 Å². The molecule has 0 bridgehead atoms. The number of hydrogen-bond donors (Lipinski definition) is 2. The molecular formula is C4H14Br2Cl4K2N4Pt2. The number of rotatable bonds is 2. The summed E-state index contributed by atoms with van der Waals surface area (Å²) in [6.07, 6.45) is 0. The molecule has 18 heavy (non-hydrogen) atoms. The molecule has 0 unspecified atom stereocenters. The van der Waals surface area contributed by atoms with Gasteiger partial charge in [-0.1, -0.05) is 0 Å². The van der Waals surface area contributed by atoms with Crippen LogP contribution in [0.2, 0.25) is 0 Å². The monoisotopic (exact) mass is 884 g/mol. The van der Waals surface area contributed by atoms with Gasteiger partial charge in [0.05, 0.1) is 0 Å². The summed E-state index contributed by atoms with van der Waals surface area (Å²) in [6.45, 7) is 1.67. The van der Waals surface area contributed by atoms with Crippen LogP contribution in [0.4, 0.5) is 0 Å². The van der Waals surface area contributed by atoms with Gasteiger partial charge in [0.15, 0.2) is 0 Å². The van der Waals surface area contributed by atoms with E-state index in [4.69, 9.17) is 60.6 Å². The van der Waals surface area contributed by atoms with E-state index < -0.39 is 11.9 Å². The third-order valence-corrected chi connectivity index (χ3v) is 0.292. The first kappa shape index (κ1) is 35.7. The number of halogens is 6. The normalized spacial score (nSPS) is 9.22. The molecule has 0 saturated carbocycles. The predicted molar refractivity (Wildman–Crippen MR) is 89.3 cm³/mol. The Labute approximate surface area is 196 Å². The zero-order valence-electron chi connectivity index (χ0n) is 9.88. The van der Waals surface area contributed by atoms with Crippen molar-refractivity contribution in [3.8, 4) is 0 Å². The Morgan fingerprint density at radius 3 is 1.06 bits per heavy atom. The molecule has 6 N–H and O–H groups in total. The van der Waals surface area contributed by atoms with E-state index in [1.54, 1.807) is 0 Å². The van der Waals surface area contributed by atoms with E-state index in [2.05, 4.69) is 26.6 Å². The Bertz CT molecular complexity index is 97.7. The maximum atomic E-state index is 6.26. The Hall–Kier alpha value is 6.61. The van der Waals surface area contributed by atoms with Crippen LogP contribution in [0, 0.1) is 0 Å². The largest absolute Gasteiger partial charge is 0.679 e. The molecule has 0 radical (unpaired) electrons. The fraction of sp³-hybridized carbons (Fsp3) is 1.00. The maximum absolute atomic E-state index is 6.26. The number of hydrogen-bond acceptors (Lipinski definition) is 2. The molecular weight excluding hydrogens is 874 g/mol. The second-order valence-corrected chi connectivity index (χ2v) is 31.0. The summed E-state index contributed by atoms with van der Waals surface area (Å²) < 4.78 is 0. The molecule has 4 nitrogen and oxygen atoms in total. The van der Waals surface area contributed by atoms with Gasteiger partial charge in [0.2, 0.25) is 0 Å². The first-order chi connectivity index (χ1) is 8.24. The summed E-state index contributed by atoms with van der Waals surface area (Å²) in [6, 6.07) is 0. The second-order valence-electron chi connectivity index (χ2n) is 1.39. The standard InChI is InChI=1S/C2H8N2.C2H6N2.2BrH.4ClH.2K.2Pt/c2*3-1-2-4;;;;;;;;;;/h1-4H2;3-4H,1-2H2;6*1H;;;;/q;-2;;;;;;;;;2*+4/p-6. The molecule has 0 fully saturated rings. The van der Waals surface area contributed by atoms with Crippen LogP contribution < -0.4 is 11.5 Å². The smallest absolute Gasteiger partial charge is 0.171 e. The molecule has 0 aromatic rings. The van der Waals surface area contributed by atoms with Crippen LogP contribution in [-0.4, -0.2) is 89.3 Å². The fourth-order valence-electron chi connectivity index (χ4n) is 0. The average molecular weight is 888 g/mol. The van der Waals surface area contributed by atoms with Gasteiger partial charge >= 0.3 is 154 Å². The van der Waals surface area contributed by atoms with E-state index >= 15 is 0 Å². The quantitative estimate of drug-likeness (QED) is 0.415. The van der Waals surface area contributed by atoms with Gasteiger partial charge in [0, 0.05) is 13.1 Å². The van der Waals surface area contributed by atoms with Crippen LogP contribution in [-0.2, 0) is 26.3 Å². The zero-order valence-corrected chi connectivity index (χ0v) is 26.9. The van der Waals surface area contributed by atoms with Crippen molar-refractivity contribution >= 4 is 127 Å². The van der Waals surface area contributed by atoms with Crippen molar-refractivity contribution in [3.05, 3.63) is 11.5 Å². The van der Waals surface area contributed by atoms with Crippen LogP contribution in [0.15, 0.2) is 0 Å². The maximum Gasteiger partial charge on any atom is -0.171 e. The van der Waals surface area contributed by atoms with Crippen LogP contribution in [0.25, 0.3) is 11.5 Å². The van der Waals surface area contributed by atoms with Crippen molar-refractivity contribution in [2.75, 3.05) is 26.2 Å². The third kappa shape index (κ3) is 142. The number of nitrogens with two attached hydrogens (primary N) is 2. The first-order valence-electron chi connectivity index (χ1n) is 4.24. The SMILES string of the molecule is NCCN.[Br][Pt+2][Br].[Cl][Pt]([Cl])([Cl])[Cl].[K][K].[NH-]CC[NH-]. The topological polar surface area (TPSA) is 99.6 Å². The molecule has 0 aromatic carbocycles. The third-order valence-electron chi connectivity index (χ3n) is 0.292. The van der Waals surface area contributed by atoms with Crippen molar-refractivity contribution in [1.82, 2.24) is 0 Å². The molecule has 0 aliphatic rings. The molecule has 0 aliphatic heterocycles. The summed E-state index contributed by atoms with van der Waals surface area (Å²) in [7, 11) is 20.0. The Morgan fingerprint density at radius 2 is 1.06 bits per heavy atom. The molecule has 0 amide bonds. The molecule has 0 atom stereocenters. The number of nitrogens with one attached hydrogen (secondary N) is 2. The summed E-state index contributed by atoms with van der Waals surface area (Å²) in [5.41, 5.74) is 22.3. The van der Waals surface area contributed by atoms with Gasteiger partial charge in [-0.15, -0.1) is 0 Å². The van der Waals surface area contributed by atoms with E-state index in [1.165, 1.54) is 63.2 Å². The molecule has 0 spiro atoms. The molecule has 14 heteroatoms. The predicted octanol–water partition coefficient (Wildman–Crippen LogP) is 3.68. The average Bonchev–Trinajstić information content (AvgIpc) is 2.30. The van der Waals surface area contributed by atoms with E-state index in [0.29, 0.717) is 13.1 Å². The van der Waals surface area contributed by atoms with Crippen molar-refractivity contribution in [3.63, 3.8) is 0 Å². The van der Waals surface area contributed by atoms with Crippen molar-refractivity contribution < 1.29 is 26.3 Å². The fourth-order valence-corrected chi connectivity index (χ4v) is 0. The molecule has 114 valence electrons. The van der Waals surface area contributed by atoms with E-state index in [0.717, 1.165) is 0 Å². The van der Waals surface area contributed by atoms with Crippen molar-refractivity contribution in [2.24, 2.45) is 11.5 Å². The Morgan fingerprint density at radius 1 is 0.944 bits per heavy atom. The minimum atomic E-state index is -3.06. The minimum Gasteiger partial charge on any atom is -0.679 e. The van der Waals surface area contributed by atoms with Gasteiger partial charge < -0.3 is 22.9 Å². The summed E-state index contributed by atoms with van der Waals surface area (Å²) in [5, 5.41) is 0. The molecule has 0 aliphatic carbocycles. The van der Waals surface area contributed by atoms with Gasteiger partial charge in [-0.3, -0.25) is 0 Å². The Kier molecular flexibility index (Phi) is 77.1. The van der Waals surface area contributed by atoms with Gasteiger partial charge in [-0.2, -0.15) is 13.1 Å². The molecule has 0 heterocycles. The summed E-state index contributed by atoms with van der Waals surface area (Å²) >= 11 is 6.00. The van der Waals surface area contributed by atoms with Gasteiger partial charge in [-0.25, -0.2) is 0 Å². The van der Waals surface area contributed by atoms with E-state index in [1.807, 2.05) is 0 Å². The van der Waals surface area contributed by atoms with Crippen molar-refractivity contribution in [2.45, 2.75) is 0 Å². The first-order valence-corrected chi connectivity index (χ1v) is 41.4. The van der Waals surface area contributed by atoms with Crippen molar-refractivity contribution in [1.29, 1.82) is 0 Å². The van der Waals surface area contributed by atoms with Crippen LogP contribution in [0.1, 0.15) is 0 Å². The second kappa shape index (κ2) is 38.9. The molecule has 0 saturated heterocycles. The van der Waals surface area contributed by atoms with E-state index in [9.17, 15) is 0 Å². The van der Waals surface area contributed by atoms with E-state index in [-0.39, 0.29) is 27.5 Å². The molecule has 0 aromatic heterocycles. The van der Waals surface area contributed by atoms with Gasteiger partial charge in [0.1, 0.15) is 0 Å². The van der Waals surface area contributed by atoms with Crippen LogP contribution >= 0.6 is 64.3 Å². The molecule has 0 rings (SSSR count). The van der Waals surface area contributed by atoms with Crippen LogP contribution in [0.3, 0.4) is 0 Å². The van der Waals surface area contributed by atoms with Gasteiger partial charge in [-0.05, 0) is 0 Å².